The number of ether oxygens (including phenoxy) is 2. The first kappa shape index (κ1) is 46.8. The fourth-order valence-electron chi connectivity index (χ4n) is 7.39. The fraction of sp³-hybridized carbons (Fsp3) is 0.125. The maximum absolute atomic E-state index is 12.8. The van der Waals surface area contributed by atoms with Crippen LogP contribution >= 0.6 is 23.2 Å². The van der Waals surface area contributed by atoms with Gasteiger partial charge in [-0.1, -0.05) is 132 Å². The number of hydrogen-bond acceptors (Lipinski definition) is 8. The number of esters is 2. The average Bonchev–Trinajstić information content (AvgIpc) is 3.35. The van der Waals surface area contributed by atoms with Crippen LogP contribution in [0.25, 0.3) is 46.1 Å². The summed E-state index contributed by atoms with van der Waals surface area (Å²) in [5.41, 5.74) is 9.34. The van der Waals surface area contributed by atoms with E-state index in [1.807, 2.05) is 158 Å². The van der Waals surface area contributed by atoms with Crippen molar-refractivity contribution in [3.05, 3.63) is 224 Å². The topological polar surface area (TPSA) is 116 Å². The molecule has 0 amide bonds. The molecule has 0 aliphatic heterocycles. The molecule has 8 aromatic rings. The minimum atomic E-state index is -0.648. The molecule has 8 nitrogen and oxygen atoms in total. The normalized spacial score (nSPS) is 11.7. The number of aliphatic hydroxyl groups is 1. The molecule has 2 heterocycles. The molecule has 0 saturated heterocycles. The lowest BCUT2D eigenvalue weighted by Crippen LogP contribution is -2.08. The van der Waals surface area contributed by atoms with Crippen LogP contribution in [0.4, 0.5) is 0 Å². The number of methoxy groups -OCH3 is 2. The van der Waals surface area contributed by atoms with Gasteiger partial charge in [0.05, 0.1) is 53.9 Å². The van der Waals surface area contributed by atoms with E-state index in [0.29, 0.717) is 52.4 Å². The first-order valence-electron chi connectivity index (χ1n) is 21.3. The maximum atomic E-state index is 12.8. The van der Waals surface area contributed by atoms with Gasteiger partial charge in [-0.15, -0.1) is 0 Å². The first-order valence-corrected chi connectivity index (χ1v) is 22.0. The van der Waals surface area contributed by atoms with Gasteiger partial charge in [0.1, 0.15) is 0 Å². The highest BCUT2D eigenvalue weighted by atomic mass is 35.5. The zero-order valence-corrected chi connectivity index (χ0v) is 37.9. The van der Waals surface area contributed by atoms with Crippen LogP contribution in [-0.4, -0.2) is 47.0 Å². The Kier molecular flexibility index (Phi) is 16.0. The third-order valence-corrected chi connectivity index (χ3v) is 11.4. The Morgan fingerprint density at radius 2 is 1.08 bits per heavy atom. The number of aromatic nitrogens is 2. The van der Waals surface area contributed by atoms with Crippen molar-refractivity contribution in [1.29, 1.82) is 0 Å². The lowest BCUT2D eigenvalue weighted by atomic mass is 9.97. The molecule has 332 valence electrons. The second-order valence-electron chi connectivity index (χ2n) is 15.4. The summed E-state index contributed by atoms with van der Waals surface area (Å²) in [5.74, 6) is -0.741. The maximum Gasteiger partial charge on any atom is 0.338 e. The summed E-state index contributed by atoms with van der Waals surface area (Å²) >= 11 is 12.2. The number of hydrogen-bond donors (Lipinski definition) is 1. The number of aliphatic hydroxyl groups excluding tert-OH is 1. The van der Waals surface area contributed by atoms with Crippen molar-refractivity contribution >= 4 is 87.0 Å². The molecule has 0 aliphatic carbocycles. The zero-order valence-electron chi connectivity index (χ0n) is 36.4. The number of carbonyl (C=O) groups is 3. The van der Waals surface area contributed by atoms with Crippen LogP contribution in [0.1, 0.15) is 90.7 Å². The number of Topliss-reactive ketones (excluding diaryl/α,β-unsaturated/α-hetero) is 1. The number of rotatable bonds is 14. The standard InChI is InChI=1S/C28H24ClNO3.C28H22ClNO3.H2/c2*1-33-28(32)25-8-3-2-6-20(25)12-16-27(31)22-7-4-5-19(17-22)9-14-24-15-11-21-10-13-23(29)18-26(21)30-24;/h2-11,13-15,17-18,27,31H,12,16H2,1H3;2-11,13-15,17-18H,12,16H2,1H3;1H/b2*14-9+;/t27-;;/m0../s1. The van der Waals surface area contributed by atoms with E-state index in [2.05, 4.69) is 9.97 Å². The molecule has 0 aliphatic rings. The van der Waals surface area contributed by atoms with E-state index >= 15 is 0 Å². The highest BCUT2D eigenvalue weighted by molar-refractivity contribution is 6.31. The van der Waals surface area contributed by atoms with Gasteiger partial charge in [-0.05, 0) is 120 Å². The van der Waals surface area contributed by atoms with E-state index in [1.54, 1.807) is 24.3 Å². The molecule has 2 aromatic heterocycles. The summed E-state index contributed by atoms with van der Waals surface area (Å²) in [6.45, 7) is 0. The van der Waals surface area contributed by atoms with E-state index in [-0.39, 0.29) is 13.2 Å². The SMILES string of the molecule is COC(=O)c1ccccc1CCC(=O)c1cccc(/C=C/c2ccc3ccc(Cl)cc3n2)c1.COC(=O)c1ccccc1CC[C@H](O)c1cccc(/C=C/c2ccc3ccc(Cl)cc3n2)c1.[HH]. The lowest BCUT2D eigenvalue weighted by molar-refractivity contribution is 0.0590. The Morgan fingerprint density at radius 1 is 0.576 bits per heavy atom. The predicted molar refractivity (Wildman–Crippen MR) is 268 cm³/mol. The number of halogens is 2. The molecule has 0 radical (unpaired) electrons. The van der Waals surface area contributed by atoms with Crippen LogP contribution in [0.5, 0.6) is 0 Å². The molecule has 8 rings (SSSR count). The van der Waals surface area contributed by atoms with E-state index in [1.165, 1.54) is 14.2 Å². The number of ketones is 1. The van der Waals surface area contributed by atoms with E-state index in [4.69, 9.17) is 32.7 Å². The number of benzene rings is 6. The molecule has 6 aromatic carbocycles. The number of nitrogens with zero attached hydrogens (tertiary/aromatic N) is 2. The van der Waals surface area contributed by atoms with Crippen LogP contribution in [0.3, 0.4) is 0 Å². The van der Waals surface area contributed by atoms with Crippen LogP contribution in [0.2, 0.25) is 10.0 Å². The van der Waals surface area contributed by atoms with Crippen molar-refractivity contribution in [1.82, 2.24) is 9.97 Å². The van der Waals surface area contributed by atoms with Gasteiger partial charge in [0.2, 0.25) is 0 Å². The summed E-state index contributed by atoms with van der Waals surface area (Å²) in [5, 5.41) is 14.1. The van der Waals surface area contributed by atoms with Gasteiger partial charge in [0.25, 0.3) is 0 Å². The van der Waals surface area contributed by atoms with Gasteiger partial charge in [-0.3, -0.25) is 4.79 Å². The first-order chi connectivity index (χ1) is 32.1. The van der Waals surface area contributed by atoms with Crippen LogP contribution in [0.15, 0.2) is 158 Å². The Morgan fingerprint density at radius 3 is 1.64 bits per heavy atom. The van der Waals surface area contributed by atoms with Crippen molar-refractivity contribution in [3.8, 4) is 0 Å². The Balaban J connectivity index is 0.000000218. The quantitative estimate of drug-likeness (QED) is 0.0847. The average molecular weight is 916 g/mol. The molecular weight excluding hydrogens is 868 g/mol. The number of pyridine rings is 2. The minimum Gasteiger partial charge on any atom is -0.465 e. The fourth-order valence-corrected chi connectivity index (χ4v) is 7.73. The second-order valence-corrected chi connectivity index (χ2v) is 16.3. The van der Waals surface area contributed by atoms with Crippen LogP contribution in [-0.2, 0) is 22.3 Å². The van der Waals surface area contributed by atoms with E-state index in [0.717, 1.165) is 61.0 Å². The highest BCUT2D eigenvalue weighted by Crippen LogP contribution is 2.25. The molecule has 0 fully saturated rings. The molecule has 0 spiro atoms. The summed E-state index contributed by atoms with van der Waals surface area (Å²) in [7, 11) is 2.72. The Labute approximate surface area is 395 Å². The number of fused-ring (bicyclic) bond motifs is 2. The van der Waals surface area contributed by atoms with Crippen molar-refractivity contribution in [2.45, 2.75) is 31.8 Å². The van der Waals surface area contributed by atoms with Crippen LogP contribution < -0.4 is 0 Å². The van der Waals surface area contributed by atoms with E-state index < -0.39 is 12.1 Å². The smallest absolute Gasteiger partial charge is 0.338 e. The zero-order chi connectivity index (χ0) is 46.4. The minimum absolute atomic E-state index is 0. The number of carbonyl (C=O) groups excluding carboxylic acids is 3. The second kappa shape index (κ2) is 22.6. The molecule has 1 atom stereocenters. The Bertz CT molecular complexity index is 3100. The third-order valence-electron chi connectivity index (χ3n) is 10.9. The lowest BCUT2D eigenvalue weighted by Gasteiger charge is -2.13. The molecule has 66 heavy (non-hydrogen) atoms. The largest absolute Gasteiger partial charge is 0.465 e. The van der Waals surface area contributed by atoms with Crippen molar-refractivity contribution in [3.63, 3.8) is 0 Å². The molecular formula is C56H48Cl2N2O6. The van der Waals surface area contributed by atoms with Crippen LogP contribution in [0, 0.1) is 0 Å². The predicted octanol–water partition coefficient (Wildman–Crippen LogP) is 13.4. The molecule has 1 N–H and O–H groups in total. The molecule has 0 bridgehead atoms. The van der Waals surface area contributed by atoms with Gasteiger partial charge in [-0.2, -0.15) is 0 Å². The molecule has 0 saturated carbocycles. The highest BCUT2D eigenvalue weighted by Gasteiger charge is 2.15. The molecule has 10 heteroatoms. The van der Waals surface area contributed by atoms with Crippen molar-refractivity contribution < 1.29 is 30.4 Å². The summed E-state index contributed by atoms with van der Waals surface area (Å²) in [6.07, 6.45) is 8.94. The van der Waals surface area contributed by atoms with E-state index in [9.17, 15) is 19.5 Å². The van der Waals surface area contributed by atoms with Crippen molar-refractivity contribution in [2.75, 3.05) is 14.2 Å². The van der Waals surface area contributed by atoms with Gasteiger partial charge in [-0.25, -0.2) is 19.6 Å². The summed E-state index contributed by atoms with van der Waals surface area (Å²) in [4.78, 5) is 46.0. The van der Waals surface area contributed by atoms with Gasteiger partial charge in [0, 0.05) is 34.2 Å². The van der Waals surface area contributed by atoms with Gasteiger partial charge in [0.15, 0.2) is 5.78 Å². The number of aryl methyl sites for hydroxylation is 2. The summed E-state index contributed by atoms with van der Waals surface area (Å²) in [6, 6.07) is 49.0. The molecule has 0 unspecified atom stereocenters. The third kappa shape index (κ3) is 12.5. The van der Waals surface area contributed by atoms with Gasteiger partial charge < -0.3 is 14.6 Å². The monoisotopic (exact) mass is 914 g/mol. The van der Waals surface area contributed by atoms with Crippen molar-refractivity contribution in [2.24, 2.45) is 0 Å². The Hall–Kier alpha value is -7.23. The van der Waals surface area contributed by atoms with Gasteiger partial charge >= 0.3 is 11.9 Å². The summed E-state index contributed by atoms with van der Waals surface area (Å²) < 4.78 is 9.69.